The van der Waals surface area contributed by atoms with Crippen molar-refractivity contribution in [3.05, 3.63) is 29.7 Å². The molecule has 1 aliphatic heterocycles. The van der Waals surface area contributed by atoms with Crippen molar-refractivity contribution >= 4 is 17.2 Å². The van der Waals surface area contributed by atoms with Gasteiger partial charge in [0.05, 0.1) is 25.6 Å². The van der Waals surface area contributed by atoms with Crippen molar-refractivity contribution in [2.45, 2.75) is 0 Å². The number of aromatic nitrogens is 3. The lowest BCUT2D eigenvalue weighted by Gasteiger charge is -2.26. The number of carbonyl (C=O) groups excluding carboxylic acids is 1. The fraction of sp³-hybridized carbons (Fsp3) is 0.333. The average molecular weight is 276 g/mol. The summed E-state index contributed by atoms with van der Waals surface area (Å²) < 4.78 is 5.24. The second kappa shape index (κ2) is 5.41. The van der Waals surface area contributed by atoms with E-state index in [0.717, 1.165) is 0 Å². The molecule has 0 N–H and O–H groups in total. The van der Waals surface area contributed by atoms with Crippen molar-refractivity contribution in [1.82, 2.24) is 19.9 Å². The van der Waals surface area contributed by atoms with Gasteiger partial charge in [-0.05, 0) is 0 Å². The molecule has 2 aromatic rings. The Bertz CT molecular complexity index is 566. The first-order valence-electron chi connectivity index (χ1n) is 5.94. The van der Waals surface area contributed by atoms with Gasteiger partial charge in [0, 0.05) is 25.5 Å². The maximum atomic E-state index is 12.2. The van der Waals surface area contributed by atoms with Crippen LogP contribution < -0.4 is 0 Å². The highest BCUT2D eigenvalue weighted by Crippen LogP contribution is 2.23. The van der Waals surface area contributed by atoms with Crippen LogP contribution in [0.25, 0.3) is 10.7 Å². The van der Waals surface area contributed by atoms with Crippen LogP contribution in [-0.2, 0) is 4.74 Å². The van der Waals surface area contributed by atoms with Crippen LogP contribution in [0, 0.1) is 0 Å². The molecule has 7 heteroatoms. The van der Waals surface area contributed by atoms with E-state index in [0.29, 0.717) is 41.9 Å². The minimum Gasteiger partial charge on any atom is -0.378 e. The summed E-state index contributed by atoms with van der Waals surface area (Å²) in [6.45, 7) is 2.47. The molecule has 2 aromatic heterocycles. The van der Waals surface area contributed by atoms with E-state index in [-0.39, 0.29) is 5.91 Å². The zero-order valence-corrected chi connectivity index (χ0v) is 11.0. The highest BCUT2D eigenvalue weighted by atomic mass is 32.1. The van der Waals surface area contributed by atoms with Crippen molar-refractivity contribution < 1.29 is 9.53 Å². The van der Waals surface area contributed by atoms with E-state index >= 15 is 0 Å². The molecule has 1 aliphatic rings. The summed E-state index contributed by atoms with van der Waals surface area (Å²) in [5.41, 5.74) is 0.688. The van der Waals surface area contributed by atoms with Gasteiger partial charge in [-0.3, -0.25) is 14.8 Å². The van der Waals surface area contributed by atoms with Gasteiger partial charge in [0.1, 0.15) is 15.6 Å². The predicted molar refractivity (Wildman–Crippen MR) is 69.9 cm³/mol. The second-order valence-corrected chi connectivity index (χ2v) is 5.06. The summed E-state index contributed by atoms with van der Waals surface area (Å²) >= 11 is 1.34. The van der Waals surface area contributed by atoms with Crippen molar-refractivity contribution in [3.63, 3.8) is 0 Å². The van der Waals surface area contributed by atoms with E-state index < -0.39 is 0 Å². The Morgan fingerprint density at radius 1 is 1.21 bits per heavy atom. The van der Waals surface area contributed by atoms with Crippen LogP contribution in [0.1, 0.15) is 9.67 Å². The molecule has 1 fully saturated rings. The summed E-state index contributed by atoms with van der Waals surface area (Å²) in [6.07, 6.45) is 6.46. The quantitative estimate of drug-likeness (QED) is 0.820. The molecule has 1 amide bonds. The average Bonchev–Trinajstić information content (AvgIpc) is 2.98. The van der Waals surface area contributed by atoms with Crippen LogP contribution in [-0.4, -0.2) is 52.1 Å². The number of hydrogen-bond donors (Lipinski definition) is 0. The smallest absolute Gasteiger partial charge is 0.265 e. The van der Waals surface area contributed by atoms with Gasteiger partial charge in [-0.15, -0.1) is 11.3 Å². The van der Waals surface area contributed by atoms with Gasteiger partial charge in [0.2, 0.25) is 0 Å². The second-order valence-electron chi connectivity index (χ2n) is 4.02. The molecular formula is C12H12N4O2S. The zero-order valence-electron chi connectivity index (χ0n) is 10.2. The number of amides is 1. The van der Waals surface area contributed by atoms with Crippen molar-refractivity contribution in [2.75, 3.05) is 26.3 Å². The maximum Gasteiger partial charge on any atom is 0.265 e. The van der Waals surface area contributed by atoms with Crippen molar-refractivity contribution in [3.8, 4) is 10.7 Å². The summed E-state index contributed by atoms with van der Waals surface area (Å²) in [5.74, 6) is 0.0101. The van der Waals surface area contributed by atoms with E-state index in [4.69, 9.17) is 4.74 Å². The number of hydrogen-bond acceptors (Lipinski definition) is 6. The molecule has 0 spiro atoms. The Morgan fingerprint density at radius 2 is 2.05 bits per heavy atom. The van der Waals surface area contributed by atoms with Gasteiger partial charge in [-0.1, -0.05) is 0 Å². The van der Waals surface area contributed by atoms with E-state index in [1.54, 1.807) is 29.7 Å². The summed E-state index contributed by atoms with van der Waals surface area (Å²) in [4.78, 5) is 27.1. The molecule has 0 aliphatic carbocycles. The first-order chi connectivity index (χ1) is 9.34. The third-order valence-electron chi connectivity index (χ3n) is 2.80. The molecule has 0 aromatic carbocycles. The van der Waals surface area contributed by atoms with Gasteiger partial charge in [-0.2, -0.15) is 0 Å². The van der Waals surface area contributed by atoms with Crippen LogP contribution in [0.4, 0.5) is 0 Å². The fourth-order valence-electron chi connectivity index (χ4n) is 1.82. The maximum absolute atomic E-state index is 12.2. The van der Waals surface area contributed by atoms with Crippen LogP contribution in [0.2, 0.25) is 0 Å². The predicted octanol–water partition coefficient (Wildman–Crippen LogP) is 1.07. The Morgan fingerprint density at radius 3 is 2.79 bits per heavy atom. The first-order valence-corrected chi connectivity index (χ1v) is 6.75. The van der Waals surface area contributed by atoms with Crippen LogP contribution in [0.15, 0.2) is 24.8 Å². The first kappa shape index (κ1) is 12.2. The SMILES string of the molecule is O=C(c1cnc(-c2cnccn2)s1)N1CCOCC1. The van der Waals surface area contributed by atoms with Crippen LogP contribution in [0.3, 0.4) is 0 Å². The van der Waals surface area contributed by atoms with Crippen molar-refractivity contribution in [1.29, 1.82) is 0 Å². The van der Waals surface area contributed by atoms with E-state index in [9.17, 15) is 4.79 Å². The summed E-state index contributed by atoms with van der Waals surface area (Å²) in [6, 6.07) is 0. The van der Waals surface area contributed by atoms with E-state index in [1.807, 2.05) is 0 Å². The van der Waals surface area contributed by atoms with Gasteiger partial charge >= 0.3 is 0 Å². The van der Waals surface area contributed by atoms with Crippen LogP contribution in [0.5, 0.6) is 0 Å². The minimum atomic E-state index is 0.0101. The Hall–Kier alpha value is -1.86. The number of thiazole rings is 1. The van der Waals surface area contributed by atoms with Gasteiger partial charge < -0.3 is 9.64 Å². The topological polar surface area (TPSA) is 68.2 Å². The molecule has 3 rings (SSSR count). The molecule has 19 heavy (non-hydrogen) atoms. The van der Waals surface area contributed by atoms with Crippen LogP contribution >= 0.6 is 11.3 Å². The summed E-state index contributed by atoms with van der Waals surface area (Å²) in [7, 11) is 0. The Kier molecular flexibility index (Phi) is 3.47. The monoisotopic (exact) mass is 276 g/mol. The number of morpholine rings is 1. The molecule has 0 radical (unpaired) electrons. The third kappa shape index (κ3) is 2.61. The normalized spacial score (nSPS) is 15.5. The Labute approximate surface area is 114 Å². The number of carbonyl (C=O) groups is 1. The number of ether oxygens (including phenoxy) is 1. The molecule has 3 heterocycles. The lowest BCUT2D eigenvalue weighted by Crippen LogP contribution is -2.40. The standard InChI is InChI=1S/C12H12N4O2S/c17-12(16-3-5-18-6-4-16)10-8-15-11(19-10)9-7-13-1-2-14-9/h1-2,7-8H,3-6H2. The molecular weight excluding hydrogens is 264 g/mol. The summed E-state index contributed by atoms with van der Waals surface area (Å²) in [5, 5.41) is 0.713. The molecule has 6 nitrogen and oxygen atoms in total. The zero-order chi connectivity index (χ0) is 13.1. The number of nitrogens with zero attached hydrogens (tertiary/aromatic N) is 4. The molecule has 0 saturated carbocycles. The lowest BCUT2D eigenvalue weighted by atomic mass is 10.4. The third-order valence-corrected chi connectivity index (χ3v) is 3.80. The van der Waals surface area contributed by atoms with Gasteiger partial charge in [0.15, 0.2) is 0 Å². The van der Waals surface area contributed by atoms with E-state index in [1.165, 1.54) is 11.3 Å². The highest BCUT2D eigenvalue weighted by molar-refractivity contribution is 7.16. The van der Waals surface area contributed by atoms with Crippen molar-refractivity contribution in [2.24, 2.45) is 0 Å². The fourth-order valence-corrected chi connectivity index (χ4v) is 2.67. The molecule has 1 saturated heterocycles. The molecule has 0 unspecified atom stereocenters. The lowest BCUT2D eigenvalue weighted by molar-refractivity contribution is 0.0306. The molecule has 98 valence electrons. The molecule has 0 bridgehead atoms. The largest absolute Gasteiger partial charge is 0.378 e. The van der Waals surface area contributed by atoms with E-state index in [2.05, 4.69) is 15.0 Å². The van der Waals surface area contributed by atoms with Gasteiger partial charge in [0.25, 0.3) is 5.91 Å². The van der Waals surface area contributed by atoms with Gasteiger partial charge in [-0.25, -0.2) is 4.98 Å². The Balaban J connectivity index is 1.79. The minimum absolute atomic E-state index is 0.0101. The number of rotatable bonds is 2. The molecule has 0 atom stereocenters. The highest BCUT2D eigenvalue weighted by Gasteiger charge is 2.21.